The van der Waals surface area contributed by atoms with Gasteiger partial charge >= 0.3 is 0 Å². The Morgan fingerprint density at radius 1 is 1.30 bits per heavy atom. The summed E-state index contributed by atoms with van der Waals surface area (Å²) >= 11 is 0. The maximum absolute atomic E-state index is 8.77. The Morgan fingerprint density at radius 3 is 2.45 bits per heavy atom. The fourth-order valence-electron chi connectivity index (χ4n) is 2.43. The average molecular weight is 274 g/mol. The number of hydrogen-bond donors (Lipinski definition) is 1. The maximum Gasteiger partial charge on any atom is 0.126 e. The van der Waals surface area contributed by atoms with Gasteiger partial charge in [0.05, 0.1) is 5.56 Å². The van der Waals surface area contributed by atoms with Crippen LogP contribution < -0.4 is 5.32 Å². The quantitative estimate of drug-likeness (QED) is 0.791. The van der Waals surface area contributed by atoms with Crippen molar-refractivity contribution in [3.05, 3.63) is 23.9 Å². The zero-order chi connectivity index (χ0) is 15.0. The summed E-state index contributed by atoms with van der Waals surface area (Å²) in [6.07, 6.45) is 2.78. The van der Waals surface area contributed by atoms with Crippen molar-refractivity contribution in [1.29, 1.82) is 5.26 Å². The number of aromatic nitrogens is 1. The van der Waals surface area contributed by atoms with E-state index in [1.165, 1.54) is 6.42 Å². The molecule has 1 aromatic heterocycles. The van der Waals surface area contributed by atoms with Gasteiger partial charge in [-0.3, -0.25) is 4.90 Å². The lowest BCUT2D eigenvalue weighted by Crippen LogP contribution is -2.40. The Morgan fingerprint density at radius 2 is 2.00 bits per heavy atom. The number of nitrogens with one attached hydrogen (secondary N) is 1. The van der Waals surface area contributed by atoms with Crippen LogP contribution in [0.1, 0.15) is 39.7 Å². The first-order chi connectivity index (χ1) is 9.60. The highest BCUT2D eigenvalue weighted by Crippen LogP contribution is 2.13. The van der Waals surface area contributed by atoms with Crippen LogP contribution in [-0.2, 0) is 0 Å². The smallest absolute Gasteiger partial charge is 0.126 e. The van der Waals surface area contributed by atoms with Crippen molar-refractivity contribution in [3.8, 4) is 6.07 Å². The van der Waals surface area contributed by atoms with E-state index in [1.807, 2.05) is 6.07 Å². The van der Waals surface area contributed by atoms with Crippen LogP contribution >= 0.6 is 0 Å². The highest BCUT2D eigenvalue weighted by atomic mass is 15.2. The van der Waals surface area contributed by atoms with E-state index in [0.29, 0.717) is 17.5 Å². The molecule has 0 bridgehead atoms. The van der Waals surface area contributed by atoms with E-state index in [9.17, 15) is 0 Å². The Bertz CT molecular complexity index is 415. The van der Waals surface area contributed by atoms with E-state index in [4.69, 9.17) is 5.26 Å². The van der Waals surface area contributed by atoms with Gasteiger partial charge in [0.1, 0.15) is 11.9 Å². The Balaban J connectivity index is 2.62. The zero-order valence-corrected chi connectivity index (χ0v) is 13.1. The van der Waals surface area contributed by atoms with Crippen molar-refractivity contribution in [2.75, 3.05) is 25.0 Å². The molecule has 1 heterocycles. The molecule has 4 heteroatoms. The van der Waals surface area contributed by atoms with Crippen molar-refractivity contribution in [2.45, 2.75) is 40.2 Å². The molecule has 1 aromatic rings. The standard InChI is InChI=1S/C16H26N4/c1-5-20(6-2)15(9-13(3)4)12-19-16-8-7-14(10-17)11-18-16/h7-8,11,13,15H,5-6,9,12H2,1-4H3,(H,18,19). The van der Waals surface area contributed by atoms with E-state index in [2.05, 4.69) is 49.0 Å². The fraction of sp³-hybridized carbons (Fsp3) is 0.625. The summed E-state index contributed by atoms with van der Waals surface area (Å²) in [6, 6.07) is 6.26. The first-order valence-electron chi connectivity index (χ1n) is 7.44. The second-order valence-electron chi connectivity index (χ2n) is 5.43. The average Bonchev–Trinajstić information content (AvgIpc) is 2.45. The number of nitrogens with zero attached hydrogens (tertiary/aromatic N) is 3. The second kappa shape index (κ2) is 8.55. The molecule has 0 aromatic carbocycles. The van der Waals surface area contributed by atoms with Crippen LogP contribution in [0.2, 0.25) is 0 Å². The molecular formula is C16H26N4. The lowest BCUT2D eigenvalue weighted by molar-refractivity contribution is 0.199. The van der Waals surface area contributed by atoms with Crippen LogP contribution in [0.3, 0.4) is 0 Å². The minimum Gasteiger partial charge on any atom is -0.369 e. The second-order valence-corrected chi connectivity index (χ2v) is 5.43. The van der Waals surface area contributed by atoms with E-state index in [1.54, 1.807) is 12.3 Å². The SMILES string of the molecule is CCN(CC)C(CNc1ccc(C#N)cn1)CC(C)C. The monoisotopic (exact) mass is 274 g/mol. The first kappa shape index (κ1) is 16.5. The molecule has 0 aliphatic rings. The summed E-state index contributed by atoms with van der Waals surface area (Å²) in [6.45, 7) is 12.0. The molecule has 0 aliphatic heterocycles. The molecule has 20 heavy (non-hydrogen) atoms. The molecule has 1 unspecified atom stereocenters. The van der Waals surface area contributed by atoms with Crippen molar-refractivity contribution < 1.29 is 0 Å². The Labute approximate surface area is 122 Å². The third-order valence-electron chi connectivity index (χ3n) is 3.48. The molecule has 1 atom stereocenters. The molecule has 4 nitrogen and oxygen atoms in total. The molecule has 1 N–H and O–H groups in total. The zero-order valence-electron chi connectivity index (χ0n) is 13.1. The number of hydrogen-bond acceptors (Lipinski definition) is 4. The highest BCUT2D eigenvalue weighted by Gasteiger charge is 2.16. The molecule has 0 spiro atoms. The lowest BCUT2D eigenvalue weighted by Gasteiger charge is -2.31. The normalized spacial score (nSPS) is 12.4. The molecule has 0 aliphatic carbocycles. The Hall–Kier alpha value is -1.60. The summed E-state index contributed by atoms with van der Waals surface area (Å²) in [7, 11) is 0. The summed E-state index contributed by atoms with van der Waals surface area (Å²) in [4.78, 5) is 6.74. The van der Waals surface area contributed by atoms with Crippen LogP contribution in [0.4, 0.5) is 5.82 Å². The van der Waals surface area contributed by atoms with Gasteiger partial charge in [0.15, 0.2) is 0 Å². The number of anilines is 1. The van der Waals surface area contributed by atoms with Crippen molar-refractivity contribution in [3.63, 3.8) is 0 Å². The number of rotatable bonds is 8. The predicted molar refractivity (Wildman–Crippen MR) is 83.6 cm³/mol. The van der Waals surface area contributed by atoms with Gasteiger partial charge in [-0.15, -0.1) is 0 Å². The van der Waals surface area contributed by atoms with Crippen molar-refractivity contribution in [1.82, 2.24) is 9.88 Å². The Kier molecular flexibility index (Phi) is 7.03. The largest absolute Gasteiger partial charge is 0.369 e. The van der Waals surface area contributed by atoms with Gasteiger partial charge in [-0.2, -0.15) is 5.26 Å². The molecule has 0 saturated carbocycles. The van der Waals surface area contributed by atoms with Crippen molar-refractivity contribution in [2.24, 2.45) is 5.92 Å². The fourth-order valence-corrected chi connectivity index (χ4v) is 2.43. The van der Waals surface area contributed by atoms with Gasteiger partial charge in [-0.25, -0.2) is 4.98 Å². The minimum atomic E-state index is 0.516. The van der Waals surface area contributed by atoms with Crippen LogP contribution in [0.15, 0.2) is 18.3 Å². The third-order valence-corrected chi connectivity index (χ3v) is 3.48. The minimum absolute atomic E-state index is 0.516. The van der Waals surface area contributed by atoms with Crippen LogP contribution in [0, 0.1) is 17.2 Å². The summed E-state index contributed by atoms with van der Waals surface area (Å²) in [5, 5.41) is 12.2. The van der Waals surface area contributed by atoms with Crippen LogP contribution in [-0.4, -0.2) is 35.6 Å². The molecule has 1 rings (SSSR count). The van der Waals surface area contributed by atoms with E-state index in [0.717, 1.165) is 25.5 Å². The van der Waals surface area contributed by atoms with E-state index < -0.39 is 0 Å². The number of pyridine rings is 1. The van der Waals surface area contributed by atoms with E-state index >= 15 is 0 Å². The van der Waals surface area contributed by atoms with Gasteiger partial charge in [-0.05, 0) is 37.6 Å². The highest BCUT2D eigenvalue weighted by molar-refractivity contribution is 5.39. The third kappa shape index (κ3) is 5.18. The van der Waals surface area contributed by atoms with Crippen LogP contribution in [0.25, 0.3) is 0 Å². The summed E-state index contributed by atoms with van der Waals surface area (Å²) in [5.41, 5.74) is 0.595. The molecule has 0 saturated heterocycles. The number of nitriles is 1. The van der Waals surface area contributed by atoms with E-state index in [-0.39, 0.29) is 0 Å². The van der Waals surface area contributed by atoms with Crippen molar-refractivity contribution >= 4 is 5.82 Å². The van der Waals surface area contributed by atoms with Gasteiger partial charge in [0.25, 0.3) is 0 Å². The number of likely N-dealkylation sites (N-methyl/N-ethyl adjacent to an activating group) is 1. The predicted octanol–water partition coefficient (Wildman–Crippen LogP) is 3.12. The summed E-state index contributed by atoms with van der Waals surface area (Å²) in [5.74, 6) is 1.52. The van der Waals surface area contributed by atoms with Gasteiger partial charge in [0, 0.05) is 18.8 Å². The maximum atomic E-state index is 8.77. The molecule has 0 fully saturated rings. The van der Waals surface area contributed by atoms with Crippen LogP contribution in [0.5, 0.6) is 0 Å². The topological polar surface area (TPSA) is 52.0 Å². The summed E-state index contributed by atoms with van der Waals surface area (Å²) < 4.78 is 0. The van der Waals surface area contributed by atoms with Gasteiger partial charge in [-0.1, -0.05) is 27.7 Å². The molecule has 110 valence electrons. The van der Waals surface area contributed by atoms with Gasteiger partial charge in [0.2, 0.25) is 0 Å². The molecule has 0 amide bonds. The molecular weight excluding hydrogens is 248 g/mol. The lowest BCUT2D eigenvalue weighted by atomic mass is 10.0. The molecule has 0 radical (unpaired) electrons. The first-order valence-corrected chi connectivity index (χ1v) is 7.44. The van der Waals surface area contributed by atoms with Gasteiger partial charge < -0.3 is 5.32 Å².